The molecule has 0 bridgehead atoms. The smallest absolute Gasteiger partial charge is 0.130 e. The Hall–Kier alpha value is -1.77. The molecule has 20 heavy (non-hydrogen) atoms. The van der Waals surface area contributed by atoms with Gasteiger partial charge in [0.25, 0.3) is 0 Å². The normalized spacial score (nSPS) is 10.9. The van der Waals surface area contributed by atoms with Crippen LogP contribution in [0, 0.1) is 0 Å². The molecule has 0 fully saturated rings. The summed E-state index contributed by atoms with van der Waals surface area (Å²) < 4.78 is 1.90. The van der Waals surface area contributed by atoms with Gasteiger partial charge in [-0.1, -0.05) is 44.9 Å². The molecule has 0 aliphatic rings. The fraction of sp³-hybridized carbons (Fsp3) is 0.471. The maximum Gasteiger partial charge on any atom is 0.130 e. The molecule has 0 amide bonds. The highest BCUT2D eigenvalue weighted by molar-refractivity contribution is 5.50. The molecule has 1 aromatic heterocycles. The Bertz CT molecular complexity index is 529. The first kappa shape index (κ1) is 14.6. The van der Waals surface area contributed by atoms with Crippen molar-refractivity contribution in [2.75, 3.05) is 5.73 Å². The van der Waals surface area contributed by atoms with Gasteiger partial charge in [-0.3, -0.25) is 0 Å². The van der Waals surface area contributed by atoms with Crippen LogP contribution in [0.4, 0.5) is 5.82 Å². The van der Waals surface area contributed by atoms with E-state index in [0.717, 1.165) is 24.3 Å². The predicted octanol–water partition coefficient (Wildman–Crippen LogP) is 4.14. The first-order valence-corrected chi connectivity index (χ1v) is 7.69. The van der Waals surface area contributed by atoms with Crippen LogP contribution in [0.3, 0.4) is 0 Å². The quantitative estimate of drug-likeness (QED) is 0.822. The first-order valence-electron chi connectivity index (χ1n) is 7.69. The van der Waals surface area contributed by atoms with E-state index in [1.807, 2.05) is 22.9 Å². The SMILES string of the molecule is CCCCc1nn(-c2ccccc2)c(N)c1CCCC. The van der Waals surface area contributed by atoms with Gasteiger partial charge in [-0.25, -0.2) is 4.68 Å². The number of aryl methyl sites for hydroxylation is 1. The molecule has 2 N–H and O–H groups in total. The number of unbranched alkanes of at least 4 members (excludes halogenated alkanes) is 2. The zero-order valence-corrected chi connectivity index (χ0v) is 12.6. The highest BCUT2D eigenvalue weighted by Gasteiger charge is 2.15. The Morgan fingerprint density at radius 1 is 1.00 bits per heavy atom. The van der Waals surface area contributed by atoms with Crippen molar-refractivity contribution in [2.24, 2.45) is 0 Å². The van der Waals surface area contributed by atoms with E-state index in [1.54, 1.807) is 0 Å². The number of hydrogen-bond donors (Lipinski definition) is 1. The molecule has 1 heterocycles. The van der Waals surface area contributed by atoms with Crippen molar-refractivity contribution in [3.63, 3.8) is 0 Å². The average molecular weight is 271 g/mol. The lowest BCUT2D eigenvalue weighted by molar-refractivity contribution is 0.737. The van der Waals surface area contributed by atoms with Crippen LogP contribution < -0.4 is 5.73 Å². The molecule has 0 saturated heterocycles. The highest BCUT2D eigenvalue weighted by Crippen LogP contribution is 2.24. The predicted molar refractivity (Wildman–Crippen MR) is 85.2 cm³/mol. The Balaban J connectivity index is 2.35. The van der Waals surface area contributed by atoms with Gasteiger partial charge in [0.15, 0.2) is 0 Å². The van der Waals surface area contributed by atoms with Gasteiger partial charge in [-0.2, -0.15) is 5.10 Å². The molecule has 3 nitrogen and oxygen atoms in total. The molecule has 0 aliphatic carbocycles. The summed E-state index contributed by atoms with van der Waals surface area (Å²) in [6.07, 6.45) is 6.77. The maximum absolute atomic E-state index is 6.35. The van der Waals surface area contributed by atoms with E-state index < -0.39 is 0 Å². The monoisotopic (exact) mass is 271 g/mol. The zero-order valence-electron chi connectivity index (χ0n) is 12.6. The Kier molecular flexibility index (Phi) is 5.22. The topological polar surface area (TPSA) is 43.8 Å². The summed E-state index contributed by atoms with van der Waals surface area (Å²) in [4.78, 5) is 0. The molecule has 3 heteroatoms. The number of nitrogen functional groups attached to an aromatic ring is 1. The fourth-order valence-corrected chi connectivity index (χ4v) is 2.45. The lowest BCUT2D eigenvalue weighted by atomic mass is 10.0. The van der Waals surface area contributed by atoms with Gasteiger partial charge < -0.3 is 5.73 Å². The second-order valence-corrected chi connectivity index (χ2v) is 5.26. The molecule has 2 aromatic rings. The van der Waals surface area contributed by atoms with Gasteiger partial charge in [0.05, 0.1) is 11.4 Å². The lowest BCUT2D eigenvalue weighted by Gasteiger charge is -2.04. The Labute approximate surface area is 121 Å². The number of nitrogens with two attached hydrogens (primary N) is 1. The summed E-state index contributed by atoms with van der Waals surface area (Å²) in [6, 6.07) is 10.2. The molecular weight excluding hydrogens is 246 g/mol. The van der Waals surface area contributed by atoms with Gasteiger partial charge >= 0.3 is 0 Å². The van der Waals surface area contributed by atoms with Crippen molar-refractivity contribution >= 4 is 5.82 Å². The van der Waals surface area contributed by atoms with Crippen LogP contribution in [0.15, 0.2) is 30.3 Å². The molecule has 0 radical (unpaired) electrons. The van der Waals surface area contributed by atoms with Gasteiger partial charge in [0.2, 0.25) is 0 Å². The first-order chi connectivity index (χ1) is 9.77. The van der Waals surface area contributed by atoms with E-state index in [-0.39, 0.29) is 0 Å². The van der Waals surface area contributed by atoms with E-state index in [4.69, 9.17) is 10.8 Å². The third kappa shape index (κ3) is 3.21. The summed E-state index contributed by atoms with van der Waals surface area (Å²) in [6.45, 7) is 4.42. The van der Waals surface area contributed by atoms with Gasteiger partial charge in [0.1, 0.15) is 5.82 Å². The van der Waals surface area contributed by atoms with E-state index in [0.29, 0.717) is 0 Å². The number of benzene rings is 1. The molecule has 108 valence electrons. The van der Waals surface area contributed by atoms with Crippen LogP contribution in [-0.2, 0) is 12.8 Å². The summed E-state index contributed by atoms with van der Waals surface area (Å²) in [7, 11) is 0. The minimum Gasteiger partial charge on any atom is -0.383 e. The Morgan fingerprint density at radius 3 is 2.30 bits per heavy atom. The highest BCUT2D eigenvalue weighted by atomic mass is 15.3. The van der Waals surface area contributed by atoms with Crippen molar-refractivity contribution in [2.45, 2.75) is 52.4 Å². The van der Waals surface area contributed by atoms with Gasteiger partial charge in [0, 0.05) is 5.56 Å². The minimum atomic E-state index is 0.816. The van der Waals surface area contributed by atoms with Crippen LogP contribution in [0.1, 0.15) is 50.8 Å². The second kappa shape index (κ2) is 7.13. The molecule has 1 aromatic carbocycles. The number of anilines is 1. The Morgan fingerprint density at radius 2 is 1.65 bits per heavy atom. The van der Waals surface area contributed by atoms with Crippen molar-refractivity contribution in [3.8, 4) is 5.69 Å². The summed E-state index contributed by atoms with van der Waals surface area (Å²) in [5.41, 5.74) is 9.83. The van der Waals surface area contributed by atoms with Crippen molar-refractivity contribution in [1.29, 1.82) is 0 Å². The number of nitrogens with zero attached hydrogens (tertiary/aromatic N) is 2. The number of para-hydroxylation sites is 1. The fourth-order valence-electron chi connectivity index (χ4n) is 2.45. The molecule has 2 rings (SSSR count). The number of aromatic nitrogens is 2. The van der Waals surface area contributed by atoms with E-state index >= 15 is 0 Å². The standard InChI is InChI=1S/C17H25N3/c1-3-5-12-15-16(13-6-4-2)19-20(17(15)18)14-10-8-7-9-11-14/h7-11H,3-6,12-13,18H2,1-2H3. The zero-order chi connectivity index (χ0) is 14.4. The minimum absolute atomic E-state index is 0.816. The third-order valence-corrected chi connectivity index (χ3v) is 3.65. The number of hydrogen-bond acceptors (Lipinski definition) is 2. The van der Waals surface area contributed by atoms with Crippen molar-refractivity contribution in [3.05, 3.63) is 41.6 Å². The lowest BCUT2D eigenvalue weighted by Crippen LogP contribution is -2.02. The van der Waals surface area contributed by atoms with Gasteiger partial charge in [-0.15, -0.1) is 0 Å². The maximum atomic E-state index is 6.35. The van der Waals surface area contributed by atoms with E-state index in [1.165, 1.54) is 36.9 Å². The van der Waals surface area contributed by atoms with Gasteiger partial charge in [-0.05, 0) is 37.8 Å². The molecule has 0 saturated carbocycles. The summed E-state index contributed by atoms with van der Waals surface area (Å²) in [5, 5.41) is 4.76. The van der Waals surface area contributed by atoms with Crippen molar-refractivity contribution < 1.29 is 0 Å². The van der Waals surface area contributed by atoms with E-state index in [9.17, 15) is 0 Å². The van der Waals surface area contributed by atoms with Crippen LogP contribution in [0.5, 0.6) is 0 Å². The number of rotatable bonds is 7. The summed E-state index contributed by atoms with van der Waals surface area (Å²) >= 11 is 0. The molecule has 0 spiro atoms. The van der Waals surface area contributed by atoms with Crippen molar-refractivity contribution in [1.82, 2.24) is 9.78 Å². The van der Waals surface area contributed by atoms with E-state index in [2.05, 4.69) is 26.0 Å². The third-order valence-electron chi connectivity index (χ3n) is 3.65. The van der Waals surface area contributed by atoms with Crippen LogP contribution in [0.25, 0.3) is 5.69 Å². The molecule has 0 unspecified atom stereocenters. The van der Waals surface area contributed by atoms with Crippen LogP contribution in [0.2, 0.25) is 0 Å². The van der Waals surface area contributed by atoms with Crippen LogP contribution >= 0.6 is 0 Å². The van der Waals surface area contributed by atoms with Crippen LogP contribution in [-0.4, -0.2) is 9.78 Å². The molecule has 0 aliphatic heterocycles. The largest absolute Gasteiger partial charge is 0.383 e. The molecular formula is C17H25N3. The molecule has 0 atom stereocenters. The average Bonchev–Trinajstić information content (AvgIpc) is 2.80. The summed E-state index contributed by atoms with van der Waals surface area (Å²) in [5.74, 6) is 0.816. The second-order valence-electron chi connectivity index (χ2n) is 5.26.